The molecule has 14 heavy (non-hydrogen) atoms. The predicted molar refractivity (Wildman–Crippen MR) is 56.3 cm³/mol. The molecule has 1 heterocycles. The molecule has 0 aliphatic carbocycles. The smallest absolute Gasteiger partial charge is 0.103 e. The van der Waals surface area contributed by atoms with Crippen LogP contribution in [0.4, 0.5) is 4.39 Å². The van der Waals surface area contributed by atoms with Gasteiger partial charge in [-0.1, -0.05) is 29.8 Å². The Bertz CT molecular complexity index is 316. The van der Waals surface area contributed by atoms with Crippen LogP contribution in [0.2, 0.25) is 5.02 Å². The summed E-state index contributed by atoms with van der Waals surface area (Å²) in [6, 6.07) is 7.71. The summed E-state index contributed by atoms with van der Waals surface area (Å²) in [5.74, 6) is 0. The Morgan fingerprint density at radius 3 is 2.86 bits per heavy atom. The van der Waals surface area contributed by atoms with Crippen molar-refractivity contribution in [1.29, 1.82) is 0 Å². The van der Waals surface area contributed by atoms with Gasteiger partial charge in [0.05, 0.1) is 0 Å². The minimum absolute atomic E-state index is 0.0763. The molecule has 0 bridgehead atoms. The van der Waals surface area contributed by atoms with Gasteiger partial charge in [-0.05, 0) is 31.0 Å². The SMILES string of the molecule is FC1CCNC(c2ccccc2Cl)C1. The monoisotopic (exact) mass is 213 g/mol. The molecule has 2 rings (SSSR count). The van der Waals surface area contributed by atoms with Gasteiger partial charge in [-0.2, -0.15) is 0 Å². The molecule has 2 unspecified atom stereocenters. The van der Waals surface area contributed by atoms with Crippen LogP contribution in [-0.2, 0) is 0 Å². The first-order valence-electron chi connectivity index (χ1n) is 4.89. The quantitative estimate of drug-likeness (QED) is 0.756. The molecular weight excluding hydrogens is 201 g/mol. The molecule has 1 fully saturated rings. The number of hydrogen-bond acceptors (Lipinski definition) is 1. The van der Waals surface area contributed by atoms with E-state index in [9.17, 15) is 4.39 Å². The second kappa shape index (κ2) is 4.28. The van der Waals surface area contributed by atoms with Crippen molar-refractivity contribution >= 4 is 11.6 Å². The third-order valence-corrected chi connectivity index (χ3v) is 2.96. The fraction of sp³-hybridized carbons (Fsp3) is 0.455. The molecule has 0 saturated carbocycles. The number of benzene rings is 1. The van der Waals surface area contributed by atoms with Crippen molar-refractivity contribution in [2.75, 3.05) is 6.54 Å². The minimum Gasteiger partial charge on any atom is -0.310 e. The van der Waals surface area contributed by atoms with E-state index >= 15 is 0 Å². The average Bonchev–Trinajstić information content (AvgIpc) is 2.18. The minimum atomic E-state index is -0.697. The molecule has 0 spiro atoms. The van der Waals surface area contributed by atoms with Crippen LogP contribution in [0.1, 0.15) is 24.4 Å². The molecule has 1 nitrogen and oxygen atoms in total. The topological polar surface area (TPSA) is 12.0 Å². The van der Waals surface area contributed by atoms with Crippen molar-refractivity contribution < 1.29 is 4.39 Å². The van der Waals surface area contributed by atoms with Gasteiger partial charge in [0.25, 0.3) is 0 Å². The molecule has 1 aromatic carbocycles. The first-order valence-corrected chi connectivity index (χ1v) is 5.27. The molecule has 0 radical (unpaired) electrons. The third kappa shape index (κ3) is 2.07. The predicted octanol–water partition coefficient (Wildman–Crippen LogP) is 3.10. The first kappa shape index (κ1) is 9.94. The van der Waals surface area contributed by atoms with E-state index in [-0.39, 0.29) is 6.04 Å². The van der Waals surface area contributed by atoms with Gasteiger partial charge in [-0.25, -0.2) is 4.39 Å². The van der Waals surface area contributed by atoms with Crippen molar-refractivity contribution in [1.82, 2.24) is 5.32 Å². The lowest BCUT2D eigenvalue weighted by molar-refractivity contribution is 0.224. The molecule has 1 N–H and O–H groups in total. The van der Waals surface area contributed by atoms with Crippen LogP contribution in [0.25, 0.3) is 0 Å². The molecule has 76 valence electrons. The van der Waals surface area contributed by atoms with E-state index in [2.05, 4.69) is 5.32 Å². The van der Waals surface area contributed by atoms with Gasteiger partial charge in [0.2, 0.25) is 0 Å². The highest BCUT2D eigenvalue weighted by Gasteiger charge is 2.23. The summed E-state index contributed by atoms with van der Waals surface area (Å²) in [6.07, 6.45) is 0.447. The summed E-state index contributed by atoms with van der Waals surface area (Å²) >= 11 is 6.04. The Hall–Kier alpha value is -0.600. The van der Waals surface area contributed by atoms with E-state index in [1.807, 2.05) is 24.3 Å². The van der Waals surface area contributed by atoms with Gasteiger partial charge in [-0.15, -0.1) is 0 Å². The van der Waals surface area contributed by atoms with Gasteiger partial charge >= 0.3 is 0 Å². The summed E-state index contributed by atoms with van der Waals surface area (Å²) in [4.78, 5) is 0. The molecule has 2 atom stereocenters. The van der Waals surface area contributed by atoms with E-state index in [1.165, 1.54) is 0 Å². The summed E-state index contributed by atoms with van der Waals surface area (Å²) in [6.45, 7) is 0.733. The average molecular weight is 214 g/mol. The number of halogens is 2. The Kier molecular flexibility index (Phi) is 3.04. The van der Waals surface area contributed by atoms with Crippen molar-refractivity contribution in [3.05, 3.63) is 34.9 Å². The van der Waals surface area contributed by atoms with Crippen LogP contribution < -0.4 is 5.32 Å². The molecule has 3 heteroatoms. The summed E-state index contributed by atoms with van der Waals surface area (Å²) < 4.78 is 13.2. The Balaban J connectivity index is 2.18. The zero-order chi connectivity index (χ0) is 9.97. The van der Waals surface area contributed by atoms with Gasteiger partial charge in [0.15, 0.2) is 0 Å². The molecule has 0 aromatic heterocycles. The number of hydrogen-bond donors (Lipinski definition) is 1. The number of rotatable bonds is 1. The fourth-order valence-electron chi connectivity index (χ4n) is 1.87. The lowest BCUT2D eigenvalue weighted by atomic mass is 9.96. The highest BCUT2D eigenvalue weighted by atomic mass is 35.5. The first-order chi connectivity index (χ1) is 6.77. The second-order valence-corrected chi connectivity index (χ2v) is 4.06. The summed E-state index contributed by atoms with van der Waals surface area (Å²) in [5, 5.41) is 4.00. The fourth-order valence-corrected chi connectivity index (χ4v) is 2.13. The molecule has 1 aromatic rings. The Morgan fingerprint density at radius 1 is 1.36 bits per heavy atom. The van der Waals surface area contributed by atoms with Gasteiger partial charge in [0.1, 0.15) is 6.17 Å². The van der Waals surface area contributed by atoms with Crippen LogP contribution in [-0.4, -0.2) is 12.7 Å². The molecule has 1 aliphatic rings. The van der Waals surface area contributed by atoms with Crippen LogP contribution in [0.5, 0.6) is 0 Å². The van der Waals surface area contributed by atoms with Crippen molar-refractivity contribution in [2.24, 2.45) is 0 Å². The third-order valence-electron chi connectivity index (χ3n) is 2.62. The normalized spacial score (nSPS) is 27.6. The Morgan fingerprint density at radius 2 is 2.14 bits per heavy atom. The zero-order valence-corrected chi connectivity index (χ0v) is 8.60. The van der Waals surface area contributed by atoms with E-state index < -0.39 is 6.17 Å². The zero-order valence-electron chi connectivity index (χ0n) is 7.84. The van der Waals surface area contributed by atoms with Gasteiger partial charge in [-0.3, -0.25) is 0 Å². The summed E-state index contributed by atoms with van der Waals surface area (Å²) in [7, 11) is 0. The molecule has 1 saturated heterocycles. The van der Waals surface area contributed by atoms with E-state index in [0.717, 1.165) is 17.1 Å². The van der Waals surface area contributed by atoms with Crippen LogP contribution >= 0.6 is 11.6 Å². The number of alkyl halides is 1. The highest BCUT2D eigenvalue weighted by Crippen LogP contribution is 2.29. The van der Waals surface area contributed by atoms with Crippen molar-refractivity contribution in [3.63, 3.8) is 0 Å². The highest BCUT2D eigenvalue weighted by molar-refractivity contribution is 6.31. The van der Waals surface area contributed by atoms with Crippen LogP contribution in [0.15, 0.2) is 24.3 Å². The number of piperidine rings is 1. The van der Waals surface area contributed by atoms with E-state index in [0.29, 0.717) is 12.8 Å². The lowest BCUT2D eigenvalue weighted by Gasteiger charge is -2.27. The maximum atomic E-state index is 13.2. The van der Waals surface area contributed by atoms with E-state index in [1.54, 1.807) is 0 Å². The maximum absolute atomic E-state index is 13.2. The Labute approximate surface area is 88.3 Å². The molecular formula is C11H13ClFN. The standard InChI is InChI=1S/C11H13ClFN/c12-10-4-2-1-3-9(10)11-7-8(13)5-6-14-11/h1-4,8,11,14H,5-7H2. The van der Waals surface area contributed by atoms with E-state index in [4.69, 9.17) is 11.6 Å². The molecule has 1 aliphatic heterocycles. The van der Waals surface area contributed by atoms with Crippen LogP contribution in [0, 0.1) is 0 Å². The van der Waals surface area contributed by atoms with Crippen molar-refractivity contribution in [3.8, 4) is 0 Å². The van der Waals surface area contributed by atoms with Gasteiger partial charge in [0, 0.05) is 11.1 Å². The van der Waals surface area contributed by atoms with Crippen LogP contribution in [0.3, 0.4) is 0 Å². The summed E-state index contributed by atoms with van der Waals surface area (Å²) in [5.41, 5.74) is 1.01. The van der Waals surface area contributed by atoms with Crippen molar-refractivity contribution in [2.45, 2.75) is 25.1 Å². The number of nitrogens with one attached hydrogen (secondary N) is 1. The maximum Gasteiger partial charge on any atom is 0.103 e. The largest absolute Gasteiger partial charge is 0.310 e. The van der Waals surface area contributed by atoms with Gasteiger partial charge < -0.3 is 5.32 Å². The molecule has 0 amide bonds. The second-order valence-electron chi connectivity index (χ2n) is 3.65. The lowest BCUT2D eigenvalue weighted by Crippen LogP contribution is -2.32.